The number of aryl methyl sites for hydroxylation is 1. The van der Waals surface area contributed by atoms with Gasteiger partial charge in [-0.15, -0.1) is 0 Å². The first kappa shape index (κ1) is 9.60. The second-order valence-corrected chi connectivity index (χ2v) is 4.31. The van der Waals surface area contributed by atoms with Crippen molar-refractivity contribution in [2.45, 2.75) is 19.9 Å². The number of rotatable bonds is 1. The maximum Gasteiger partial charge on any atom is 0.0686 e. The van der Waals surface area contributed by atoms with Gasteiger partial charge in [0.05, 0.1) is 11.4 Å². The smallest absolute Gasteiger partial charge is 0.0686 e. The van der Waals surface area contributed by atoms with Gasteiger partial charge in [-0.05, 0) is 24.6 Å². The number of aromatic nitrogens is 2. The first-order valence-electron chi connectivity index (χ1n) is 5.68. The van der Waals surface area contributed by atoms with E-state index in [4.69, 9.17) is 0 Å². The van der Waals surface area contributed by atoms with Crippen molar-refractivity contribution in [1.29, 1.82) is 0 Å². The molecule has 3 nitrogen and oxygen atoms in total. The fraction of sp³-hybridized carbons (Fsp3) is 0.308. The van der Waals surface area contributed by atoms with Crippen molar-refractivity contribution in [3.63, 3.8) is 0 Å². The summed E-state index contributed by atoms with van der Waals surface area (Å²) in [7, 11) is 0. The zero-order valence-corrected chi connectivity index (χ0v) is 9.40. The molecule has 2 aromatic rings. The van der Waals surface area contributed by atoms with Crippen LogP contribution in [0.1, 0.15) is 16.8 Å². The fourth-order valence-electron chi connectivity index (χ4n) is 2.14. The van der Waals surface area contributed by atoms with E-state index in [9.17, 15) is 0 Å². The number of benzene rings is 1. The Labute approximate surface area is 95.1 Å². The summed E-state index contributed by atoms with van der Waals surface area (Å²) < 4.78 is 1.99. The Hall–Kier alpha value is -1.61. The molecule has 1 N–H and O–H groups in total. The molecule has 0 atom stereocenters. The third kappa shape index (κ3) is 1.63. The van der Waals surface area contributed by atoms with E-state index in [-0.39, 0.29) is 0 Å². The van der Waals surface area contributed by atoms with Gasteiger partial charge >= 0.3 is 0 Å². The van der Waals surface area contributed by atoms with Crippen molar-refractivity contribution >= 4 is 0 Å². The van der Waals surface area contributed by atoms with Crippen LogP contribution in [0.5, 0.6) is 0 Å². The minimum atomic E-state index is 0.946. The van der Waals surface area contributed by atoms with Gasteiger partial charge in [-0.1, -0.05) is 12.1 Å². The number of nitrogens with zero attached hydrogens (tertiary/aromatic N) is 2. The van der Waals surface area contributed by atoms with Crippen LogP contribution in [0.4, 0.5) is 0 Å². The molecule has 0 spiro atoms. The highest BCUT2D eigenvalue weighted by molar-refractivity contribution is 5.36. The van der Waals surface area contributed by atoms with Crippen LogP contribution in [0.3, 0.4) is 0 Å². The predicted octanol–water partition coefficient (Wildman–Crippen LogP) is 1.83. The second kappa shape index (κ2) is 3.76. The topological polar surface area (TPSA) is 29.9 Å². The van der Waals surface area contributed by atoms with E-state index in [1.165, 1.54) is 16.8 Å². The quantitative estimate of drug-likeness (QED) is 0.783. The van der Waals surface area contributed by atoms with Gasteiger partial charge in [-0.3, -0.25) is 0 Å². The first-order chi connectivity index (χ1) is 7.83. The number of fused-ring (bicyclic) bond motifs is 1. The monoisotopic (exact) mass is 213 g/mol. The van der Waals surface area contributed by atoms with Crippen LogP contribution in [0.25, 0.3) is 5.69 Å². The summed E-state index contributed by atoms with van der Waals surface area (Å²) in [6, 6.07) is 8.43. The van der Waals surface area contributed by atoms with Gasteiger partial charge in [-0.25, -0.2) is 4.68 Å². The minimum Gasteiger partial charge on any atom is -0.312 e. The van der Waals surface area contributed by atoms with E-state index in [0.717, 1.165) is 25.2 Å². The molecule has 16 heavy (non-hydrogen) atoms. The van der Waals surface area contributed by atoms with E-state index < -0.39 is 0 Å². The van der Waals surface area contributed by atoms with E-state index >= 15 is 0 Å². The molecule has 0 saturated carbocycles. The highest BCUT2D eigenvalue weighted by Gasteiger charge is 2.13. The molecule has 0 radical (unpaired) electrons. The third-order valence-electron chi connectivity index (χ3n) is 3.00. The van der Waals surface area contributed by atoms with E-state index in [1.54, 1.807) is 0 Å². The Kier molecular flexibility index (Phi) is 2.26. The van der Waals surface area contributed by atoms with Gasteiger partial charge in [0.2, 0.25) is 0 Å². The Morgan fingerprint density at radius 3 is 3.12 bits per heavy atom. The standard InChI is InChI=1S/C13H15N3/c1-10-3-2-4-12(7-10)16-9-11-8-14-6-5-13(11)15-16/h2-4,7,9,14H,5-6,8H2,1H3. The molecule has 2 heterocycles. The van der Waals surface area contributed by atoms with Crippen LogP contribution in [-0.2, 0) is 13.0 Å². The molecule has 1 aliphatic rings. The average molecular weight is 213 g/mol. The number of hydrogen-bond donors (Lipinski definition) is 1. The summed E-state index contributed by atoms with van der Waals surface area (Å²) >= 11 is 0. The zero-order valence-electron chi connectivity index (χ0n) is 9.40. The SMILES string of the molecule is Cc1cccc(-n2cc3c(n2)CCNC3)c1. The number of hydrogen-bond acceptors (Lipinski definition) is 2. The van der Waals surface area contributed by atoms with Gasteiger partial charge in [0.15, 0.2) is 0 Å². The molecule has 0 saturated heterocycles. The Balaban J connectivity index is 2.03. The minimum absolute atomic E-state index is 0.946. The maximum absolute atomic E-state index is 4.64. The summed E-state index contributed by atoms with van der Waals surface area (Å²) in [5, 5.41) is 8.00. The lowest BCUT2D eigenvalue weighted by molar-refractivity contribution is 0.635. The van der Waals surface area contributed by atoms with E-state index in [2.05, 4.69) is 47.8 Å². The highest BCUT2D eigenvalue weighted by Crippen LogP contribution is 2.16. The van der Waals surface area contributed by atoms with Gasteiger partial charge in [0, 0.05) is 31.3 Å². The van der Waals surface area contributed by atoms with E-state index in [1.807, 2.05) is 4.68 Å². The molecule has 0 aliphatic carbocycles. The lowest BCUT2D eigenvalue weighted by Crippen LogP contribution is -2.22. The summed E-state index contributed by atoms with van der Waals surface area (Å²) in [6.45, 7) is 4.09. The summed E-state index contributed by atoms with van der Waals surface area (Å²) in [5.74, 6) is 0. The van der Waals surface area contributed by atoms with Crippen LogP contribution < -0.4 is 5.32 Å². The molecule has 3 heteroatoms. The van der Waals surface area contributed by atoms with Crippen molar-refractivity contribution in [1.82, 2.24) is 15.1 Å². The molecule has 0 bridgehead atoms. The number of nitrogens with one attached hydrogen (secondary N) is 1. The predicted molar refractivity (Wildman–Crippen MR) is 63.7 cm³/mol. The molecule has 1 aromatic heterocycles. The van der Waals surface area contributed by atoms with Gasteiger partial charge in [0.1, 0.15) is 0 Å². The summed E-state index contributed by atoms with van der Waals surface area (Å²) in [4.78, 5) is 0. The van der Waals surface area contributed by atoms with Crippen molar-refractivity contribution < 1.29 is 0 Å². The van der Waals surface area contributed by atoms with Crippen LogP contribution in [0, 0.1) is 6.92 Å². The average Bonchev–Trinajstić information content (AvgIpc) is 2.72. The zero-order chi connectivity index (χ0) is 11.0. The van der Waals surface area contributed by atoms with Crippen molar-refractivity contribution in [3.8, 4) is 5.69 Å². The molecule has 0 amide bonds. The largest absolute Gasteiger partial charge is 0.312 e. The lowest BCUT2D eigenvalue weighted by atomic mass is 10.1. The van der Waals surface area contributed by atoms with E-state index in [0.29, 0.717) is 0 Å². The Morgan fingerprint density at radius 2 is 2.31 bits per heavy atom. The van der Waals surface area contributed by atoms with Crippen LogP contribution in [0.2, 0.25) is 0 Å². The van der Waals surface area contributed by atoms with Gasteiger partial charge in [0.25, 0.3) is 0 Å². The molecule has 0 fully saturated rings. The van der Waals surface area contributed by atoms with Crippen LogP contribution in [-0.4, -0.2) is 16.3 Å². The Bertz CT molecular complexity index is 490. The second-order valence-electron chi connectivity index (χ2n) is 4.31. The fourth-order valence-corrected chi connectivity index (χ4v) is 2.14. The van der Waals surface area contributed by atoms with Gasteiger partial charge in [-0.2, -0.15) is 5.10 Å². The summed E-state index contributed by atoms with van der Waals surface area (Å²) in [5.41, 5.74) is 4.98. The summed E-state index contributed by atoms with van der Waals surface area (Å²) in [6.07, 6.45) is 3.17. The maximum atomic E-state index is 4.64. The van der Waals surface area contributed by atoms with Gasteiger partial charge < -0.3 is 5.32 Å². The van der Waals surface area contributed by atoms with Crippen molar-refractivity contribution in [3.05, 3.63) is 47.3 Å². The van der Waals surface area contributed by atoms with Crippen LogP contribution in [0.15, 0.2) is 30.5 Å². The van der Waals surface area contributed by atoms with Crippen molar-refractivity contribution in [2.24, 2.45) is 0 Å². The molecule has 0 unspecified atom stereocenters. The molecule has 82 valence electrons. The normalized spacial score (nSPS) is 14.8. The first-order valence-corrected chi connectivity index (χ1v) is 5.68. The Morgan fingerprint density at radius 1 is 1.38 bits per heavy atom. The molecular formula is C13H15N3. The molecule has 1 aliphatic heterocycles. The van der Waals surface area contributed by atoms with Crippen molar-refractivity contribution in [2.75, 3.05) is 6.54 Å². The third-order valence-corrected chi connectivity index (χ3v) is 3.00. The lowest BCUT2D eigenvalue weighted by Gasteiger charge is -2.09. The molecule has 3 rings (SSSR count). The molecule has 1 aromatic carbocycles. The highest BCUT2D eigenvalue weighted by atomic mass is 15.3. The van der Waals surface area contributed by atoms with Crippen LogP contribution >= 0.6 is 0 Å². The molecular weight excluding hydrogens is 198 g/mol.